The quantitative estimate of drug-likeness (QED) is 0.621. The molecule has 1 aliphatic heterocycles. The number of rotatable bonds is 5. The Morgan fingerprint density at radius 1 is 0.935 bits per heavy atom. The summed E-state index contributed by atoms with van der Waals surface area (Å²) in [5.74, 6) is 0.770. The van der Waals surface area contributed by atoms with Crippen LogP contribution in [0.15, 0.2) is 48.5 Å². The predicted molar refractivity (Wildman–Crippen MR) is 119 cm³/mol. The van der Waals surface area contributed by atoms with Gasteiger partial charge in [-0.05, 0) is 47.9 Å². The minimum Gasteiger partial charge on any atom is -0.367 e. The molecule has 1 saturated heterocycles. The molecule has 1 aliphatic carbocycles. The second kappa shape index (κ2) is 8.75. The number of hydrogen-bond donors (Lipinski definition) is 0. The average molecular weight is 421 g/mol. The Balaban J connectivity index is 1.43. The molecule has 31 heavy (non-hydrogen) atoms. The van der Waals surface area contributed by atoms with Crippen molar-refractivity contribution in [3.05, 3.63) is 71.3 Å². The molecule has 2 aliphatic rings. The van der Waals surface area contributed by atoms with E-state index >= 15 is 0 Å². The Morgan fingerprint density at radius 3 is 2.35 bits per heavy atom. The number of tetrazole rings is 1. The smallest absolute Gasteiger partial charge is 0.173 e. The standard InChI is InChI=1S/C24H29FN6/c1-18-10-12-19(13-11-18)23(24-26-27-28-31(24)20-6-2-3-7-20)30-16-14-29(15-17-30)22-9-5-4-8-21(22)25/h4-5,8-13,20,23H,2-3,6-7,14-17H2,1H3/t23-/m1/s1. The fraction of sp³-hybridized carbons (Fsp3) is 0.458. The lowest BCUT2D eigenvalue weighted by Gasteiger charge is -2.40. The fourth-order valence-electron chi connectivity index (χ4n) is 4.99. The molecule has 7 heteroatoms. The predicted octanol–water partition coefficient (Wildman–Crippen LogP) is 4.15. The van der Waals surface area contributed by atoms with Gasteiger partial charge in [0, 0.05) is 26.2 Å². The van der Waals surface area contributed by atoms with Gasteiger partial charge >= 0.3 is 0 Å². The number of piperazine rings is 1. The van der Waals surface area contributed by atoms with Crippen molar-refractivity contribution in [2.75, 3.05) is 31.1 Å². The molecular formula is C24H29FN6. The highest BCUT2D eigenvalue weighted by Crippen LogP contribution is 2.35. The van der Waals surface area contributed by atoms with Crippen LogP contribution in [-0.2, 0) is 0 Å². The number of para-hydroxylation sites is 1. The molecule has 1 saturated carbocycles. The van der Waals surface area contributed by atoms with E-state index in [4.69, 9.17) is 0 Å². The SMILES string of the molecule is Cc1ccc([C@H](c2nnnn2C2CCCC2)N2CCN(c3ccccc3F)CC2)cc1. The Morgan fingerprint density at radius 2 is 1.65 bits per heavy atom. The largest absolute Gasteiger partial charge is 0.367 e. The van der Waals surface area contributed by atoms with Crippen LogP contribution in [0.5, 0.6) is 0 Å². The molecule has 0 spiro atoms. The van der Waals surface area contributed by atoms with Crippen molar-refractivity contribution in [3.63, 3.8) is 0 Å². The summed E-state index contributed by atoms with van der Waals surface area (Å²) in [6, 6.07) is 16.1. The maximum Gasteiger partial charge on any atom is 0.173 e. The van der Waals surface area contributed by atoms with Crippen LogP contribution in [0.2, 0.25) is 0 Å². The number of halogens is 1. The number of benzene rings is 2. The highest BCUT2D eigenvalue weighted by atomic mass is 19.1. The highest BCUT2D eigenvalue weighted by Gasteiger charge is 2.33. The van der Waals surface area contributed by atoms with Gasteiger partial charge in [0.2, 0.25) is 0 Å². The number of aryl methyl sites for hydroxylation is 1. The van der Waals surface area contributed by atoms with E-state index in [1.165, 1.54) is 30.0 Å². The molecule has 0 radical (unpaired) electrons. The summed E-state index contributed by atoms with van der Waals surface area (Å²) in [5, 5.41) is 13.0. The van der Waals surface area contributed by atoms with Crippen LogP contribution in [0.4, 0.5) is 10.1 Å². The molecule has 2 aromatic carbocycles. The van der Waals surface area contributed by atoms with Crippen LogP contribution in [0.3, 0.4) is 0 Å². The van der Waals surface area contributed by atoms with Crippen molar-refractivity contribution in [1.29, 1.82) is 0 Å². The van der Waals surface area contributed by atoms with Crippen molar-refractivity contribution >= 4 is 5.69 Å². The first-order valence-corrected chi connectivity index (χ1v) is 11.3. The molecule has 2 heterocycles. The summed E-state index contributed by atoms with van der Waals surface area (Å²) in [4.78, 5) is 4.58. The molecule has 1 aromatic heterocycles. The highest BCUT2D eigenvalue weighted by molar-refractivity contribution is 5.48. The zero-order valence-corrected chi connectivity index (χ0v) is 18.0. The minimum absolute atomic E-state index is 0.000953. The molecule has 2 fully saturated rings. The normalized spacial score (nSPS) is 19.1. The van der Waals surface area contributed by atoms with E-state index in [9.17, 15) is 4.39 Å². The Labute approximate surface area is 182 Å². The van der Waals surface area contributed by atoms with Gasteiger partial charge in [-0.1, -0.05) is 54.8 Å². The Kier molecular flexibility index (Phi) is 5.68. The van der Waals surface area contributed by atoms with Crippen LogP contribution in [0.1, 0.15) is 54.7 Å². The van der Waals surface area contributed by atoms with Gasteiger partial charge in [-0.15, -0.1) is 5.10 Å². The lowest BCUT2D eigenvalue weighted by molar-refractivity contribution is 0.197. The summed E-state index contributed by atoms with van der Waals surface area (Å²) >= 11 is 0. The molecule has 3 aromatic rings. The van der Waals surface area contributed by atoms with Crippen molar-refractivity contribution in [2.45, 2.75) is 44.7 Å². The third-order valence-corrected chi connectivity index (χ3v) is 6.70. The third kappa shape index (κ3) is 4.06. The van der Waals surface area contributed by atoms with Crippen LogP contribution < -0.4 is 4.90 Å². The first-order chi connectivity index (χ1) is 15.2. The second-order valence-electron chi connectivity index (χ2n) is 8.71. The fourth-order valence-corrected chi connectivity index (χ4v) is 4.99. The van der Waals surface area contributed by atoms with Crippen molar-refractivity contribution in [1.82, 2.24) is 25.1 Å². The van der Waals surface area contributed by atoms with Gasteiger partial charge < -0.3 is 4.90 Å². The van der Waals surface area contributed by atoms with Crippen LogP contribution in [-0.4, -0.2) is 51.3 Å². The van der Waals surface area contributed by atoms with Crippen molar-refractivity contribution < 1.29 is 4.39 Å². The van der Waals surface area contributed by atoms with E-state index in [-0.39, 0.29) is 11.9 Å². The maximum atomic E-state index is 14.3. The topological polar surface area (TPSA) is 50.1 Å². The molecule has 0 amide bonds. The second-order valence-corrected chi connectivity index (χ2v) is 8.71. The van der Waals surface area contributed by atoms with Crippen LogP contribution >= 0.6 is 0 Å². The lowest BCUT2D eigenvalue weighted by Crippen LogP contribution is -2.48. The van der Waals surface area contributed by atoms with Crippen LogP contribution in [0.25, 0.3) is 0 Å². The molecule has 6 nitrogen and oxygen atoms in total. The summed E-state index contributed by atoms with van der Waals surface area (Å²) in [7, 11) is 0. The molecule has 1 atom stereocenters. The molecular weight excluding hydrogens is 391 g/mol. The molecule has 5 rings (SSSR count). The molecule has 0 unspecified atom stereocenters. The third-order valence-electron chi connectivity index (χ3n) is 6.70. The number of aromatic nitrogens is 4. The zero-order chi connectivity index (χ0) is 21.2. The van der Waals surface area contributed by atoms with Gasteiger partial charge in [0.25, 0.3) is 0 Å². The Hall–Kier alpha value is -2.80. The molecule has 0 bridgehead atoms. The Bertz CT molecular complexity index is 1000. The first kappa shape index (κ1) is 20.1. The van der Waals surface area contributed by atoms with Gasteiger partial charge in [0.1, 0.15) is 5.82 Å². The van der Waals surface area contributed by atoms with E-state index in [1.54, 1.807) is 6.07 Å². The van der Waals surface area contributed by atoms with Gasteiger partial charge in [-0.3, -0.25) is 4.90 Å². The van der Waals surface area contributed by atoms with Gasteiger partial charge in [0.15, 0.2) is 5.82 Å². The van der Waals surface area contributed by atoms with E-state index in [0.29, 0.717) is 11.7 Å². The lowest BCUT2D eigenvalue weighted by atomic mass is 10.0. The summed E-state index contributed by atoms with van der Waals surface area (Å²) < 4.78 is 16.4. The summed E-state index contributed by atoms with van der Waals surface area (Å²) in [6.45, 7) is 5.30. The van der Waals surface area contributed by atoms with Crippen molar-refractivity contribution in [3.8, 4) is 0 Å². The van der Waals surface area contributed by atoms with E-state index in [1.807, 2.05) is 12.1 Å². The van der Waals surface area contributed by atoms with E-state index in [2.05, 4.69) is 61.2 Å². The monoisotopic (exact) mass is 420 g/mol. The summed E-state index contributed by atoms with van der Waals surface area (Å²) in [6.07, 6.45) is 4.75. The van der Waals surface area contributed by atoms with Gasteiger partial charge in [-0.2, -0.15) is 0 Å². The van der Waals surface area contributed by atoms with Crippen molar-refractivity contribution in [2.24, 2.45) is 0 Å². The first-order valence-electron chi connectivity index (χ1n) is 11.3. The average Bonchev–Trinajstić information content (AvgIpc) is 3.48. The maximum absolute atomic E-state index is 14.3. The zero-order valence-electron chi connectivity index (χ0n) is 18.0. The van der Waals surface area contributed by atoms with E-state index in [0.717, 1.165) is 44.8 Å². The molecule has 0 N–H and O–H groups in total. The number of hydrogen-bond acceptors (Lipinski definition) is 5. The number of anilines is 1. The van der Waals surface area contributed by atoms with Crippen LogP contribution in [0, 0.1) is 12.7 Å². The van der Waals surface area contributed by atoms with E-state index < -0.39 is 0 Å². The number of nitrogens with zero attached hydrogens (tertiary/aromatic N) is 6. The summed E-state index contributed by atoms with van der Waals surface area (Å²) in [5.41, 5.74) is 3.13. The minimum atomic E-state index is -0.156. The van der Waals surface area contributed by atoms with Gasteiger partial charge in [-0.25, -0.2) is 9.07 Å². The molecule has 162 valence electrons. The van der Waals surface area contributed by atoms with Gasteiger partial charge in [0.05, 0.1) is 17.8 Å².